The average molecular weight is 239 g/mol. The van der Waals surface area contributed by atoms with E-state index in [1.807, 2.05) is 0 Å². The van der Waals surface area contributed by atoms with E-state index in [9.17, 15) is 4.79 Å². The zero-order chi connectivity index (χ0) is 12.5. The number of carbonyl (C=O) groups excluding carboxylic acids is 1. The molecule has 0 aliphatic rings. The van der Waals surface area contributed by atoms with Gasteiger partial charge in [-0.05, 0) is 24.3 Å². The number of Topliss-reactive ketones (excluding diaryl/α,β-unsaturated/α-hetero) is 1. The molecule has 0 atom stereocenters. The Hall–Kier alpha value is -1.43. The largest absolute Gasteiger partial charge is 0.468 e. The van der Waals surface area contributed by atoms with Crippen molar-refractivity contribution < 1.29 is 19.0 Å². The monoisotopic (exact) mass is 239 g/mol. The van der Waals surface area contributed by atoms with E-state index < -0.39 is 0 Å². The predicted molar refractivity (Wildman–Crippen MR) is 63.1 cm³/mol. The van der Waals surface area contributed by atoms with Gasteiger partial charge < -0.3 is 19.9 Å². The van der Waals surface area contributed by atoms with Crippen LogP contribution in [0.1, 0.15) is 10.4 Å². The summed E-state index contributed by atoms with van der Waals surface area (Å²) in [6, 6.07) is 6.78. The second-order valence-corrected chi connectivity index (χ2v) is 3.31. The third kappa shape index (κ3) is 4.95. The number of nitrogens with two attached hydrogens (primary N) is 1. The molecule has 1 aromatic carbocycles. The summed E-state index contributed by atoms with van der Waals surface area (Å²) in [6.45, 7) is 1.20. The molecule has 2 N–H and O–H groups in total. The van der Waals surface area contributed by atoms with Gasteiger partial charge in [-0.2, -0.15) is 0 Å². The summed E-state index contributed by atoms with van der Waals surface area (Å²) >= 11 is 0. The number of ketones is 1. The standard InChI is InChI=1S/C12H17NO4/c1-15-6-7-16-9-17-11-4-2-10(3-5-11)12(14)8-13/h2-5H,6-9,13H2,1H3. The molecule has 0 fully saturated rings. The Balaban J connectivity index is 2.33. The number of rotatable bonds is 8. The van der Waals surface area contributed by atoms with E-state index >= 15 is 0 Å². The Morgan fingerprint density at radius 1 is 1.24 bits per heavy atom. The van der Waals surface area contributed by atoms with Gasteiger partial charge in [0.1, 0.15) is 5.75 Å². The van der Waals surface area contributed by atoms with Crippen molar-refractivity contribution >= 4 is 5.78 Å². The fraction of sp³-hybridized carbons (Fsp3) is 0.417. The lowest BCUT2D eigenvalue weighted by molar-refractivity contribution is -0.00847. The van der Waals surface area contributed by atoms with Crippen LogP contribution >= 0.6 is 0 Å². The van der Waals surface area contributed by atoms with E-state index in [-0.39, 0.29) is 19.1 Å². The van der Waals surface area contributed by atoms with Crippen molar-refractivity contribution in [3.05, 3.63) is 29.8 Å². The third-order valence-electron chi connectivity index (χ3n) is 2.10. The molecular formula is C12H17NO4. The third-order valence-corrected chi connectivity index (χ3v) is 2.10. The predicted octanol–water partition coefficient (Wildman–Crippen LogP) is 0.827. The fourth-order valence-electron chi connectivity index (χ4n) is 1.17. The molecule has 17 heavy (non-hydrogen) atoms. The highest BCUT2D eigenvalue weighted by Gasteiger charge is 2.02. The second kappa shape index (κ2) is 7.78. The lowest BCUT2D eigenvalue weighted by atomic mass is 10.1. The Bertz CT molecular complexity index is 337. The van der Waals surface area contributed by atoms with Crippen LogP contribution < -0.4 is 10.5 Å². The molecule has 0 radical (unpaired) electrons. The fourth-order valence-corrected chi connectivity index (χ4v) is 1.17. The van der Waals surface area contributed by atoms with Crippen molar-refractivity contribution in [3.63, 3.8) is 0 Å². The van der Waals surface area contributed by atoms with Crippen LogP contribution in [0.5, 0.6) is 5.75 Å². The summed E-state index contributed by atoms with van der Waals surface area (Å²) in [5.74, 6) is 0.559. The van der Waals surface area contributed by atoms with E-state index in [1.165, 1.54) is 0 Å². The first-order chi connectivity index (χ1) is 8.27. The van der Waals surface area contributed by atoms with Crippen LogP contribution in [0.25, 0.3) is 0 Å². The first-order valence-electron chi connectivity index (χ1n) is 5.30. The van der Waals surface area contributed by atoms with Crippen molar-refractivity contribution in [1.29, 1.82) is 0 Å². The molecule has 0 amide bonds. The average Bonchev–Trinajstić information content (AvgIpc) is 2.38. The molecule has 0 aliphatic carbocycles. The van der Waals surface area contributed by atoms with Gasteiger partial charge in [0.15, 0.2) is 12.6 Å². The maximum atomic E-state index is 11.3. The van der Waals surface area contributed by atoms with E-state index in [4.69, 9.17) is 19.9 Å². The SMILES string of the molecule is COCCOCOc1ccc(C(=O)CN)cc1. The zero-order valence-electron chi connectivity index (χ0n) is 9.85. The summed E-state index contributed by atoms with van der Waals surface area (Å²) in [7, 11) is 1.61. The van der Waals surface area contributed by atoms with Crippen LogP contribution in [0, 0.1) is 0 Å². The van der Waals surface area contributed by atoms with Gasteiger partial charge in [0.05, 0.1) is 19.8 Å². The van der Waals surface area contributed by atoms with Gasteiger partial charge in [0, 0.05) is 12.7 Å². The zero-order valence-corrected chi connectivity index (χ0v) is 9.85. The molecule has 1 rings (SSSR count). The topological polar surface area (TPSA) is 70.8 Å². The number of ether oxygens (including phenoxy) is 3. The molecule has 0 bridgehead atoms. The van der Waals surface area contributed by atoms with E-state index in [2.05, 4.69) is 0 Å². The van der Waals surface area contributed by atoms with Crippen LogP contribution in [-0.2, 0) is 9.47 Å². The van der Waals surface area contributed by atoms with Gasteiger partial charge in [0.2, 0.25) is 0 Å². The molecule has 94 valence electrons. The summed E-state index contributed by atoms with van der Waals surface area (Å²) in [4.78, 5) is 11.3. The highest BCUT2D eigenvalue weighted by atomic mass is 16.7. The van der Waals surface area contributed by atoms with Crippen molar-refractivity contribution in [2.24, 2.45) is 5.73 Å². The first kappa shape index (κ1) is 13.6. The minimum absolute atomic E-state index is 0.0142. The molecule has 0 unspecified atom stereocenters. The maximum absolute atomic E-state index is 11.3. The van der Waals surface area contributed by atoms with Crippen molar-refractivity contribution in [2.45, 2.75) is 0 Å². The molecule has 0 saturated heterocycles. The minimum Gasteiger partial charge on any atom is -0.468 e. The molecule has 0 aliphatic heterocycles. The first-order valence-corrected chi connectivity index (χ1v) is 5.30. The van der Waals surface area contributed by atoms with Crippen LogP contribution in [-0.4, -0.2) is 39.4 Å². The second-order valence-electron chi connectivity index (χ2n) is 3.31. The molecule has 0 heterocycles. The summed E-state index contributed by atoms with van der Waals surface area (Å²) in [5.41, 5.74) is 5.84. The molecule has 5 heteroatoms. The van der Waals surface area contributed by atoms with Crippen LogP contribution in [0.3, 0.4) is 0 Å². The van der Waals surface area contributed by atoms with Crippen LogP contribution in [0.2, 0.25) is 0 Å². The number of benzene rings is 1. The normalized spacial score (nSPS) is 10.2. The Labute approximate surface area is 100 Å². The summed E-state index contributed by atoms with van der Waals surface area (Å²) in [5, 5.41) is 0. The Kier molecular flexibility index (Phi) is 6.24. The Morgan fingerprint density at radius 2 is 1.94 bits per heavy atom. The molecule has 5 nitrogen and oxygen atoms in total. The quantitative estimate of drug-likeness (QED) is 0.413. The van der Waals surface area contributed by atoms with Gasteiger partial charge in [-0.3, -0.25) is 4.79 Å². The van der Waals surface area contributed by atoms with E-state index in [0.29, 0.717) is 24.5 Å². The lowest BCUT2D eigenvalue weighted by Gasteiger charge is -2.07. The van der Waals surface area contributed by atoms with E-state index in [0.717, 1.165) is 0 Å². The molecule has 0 saturated carbocycles. The Morgan fingerprint density at radius 3 is 2.53 bits per heavy atom. The smallest absolute Gasteiger partial charge is 0.189 e. The van der Waals surface area contributed by atoms with Gasteiger partial charge >= 0.3 is 0 Å². The maximum Gasteiger partial charge on any atom is 0.189 e. The van der Waals surface area contributed by atoms with Gasteiger partial charge in [0.25, 0.3) is 0 Å². The number of methoxy groups -OCH3 is 1. The van der Waals surface area contributed by atoms with Crippen molar-refractivity contribution in [3.8, 4) is 5.75 Å². The number of carbonyl (C=O) groups is 1. The molecule has 0 spiro atoms. The lowest BCUT2D eigenvalue weighted by Crippen LogP contribution is -2.13. The summed E-state index contributed by atoms with van der Waals surface area (Å²) in [6.07, 6.45) is 0. The van der Waals surface area contributed by atoms with Crippen LogP contribution in [0.4, 0.5) is 0 Å². The number of hydrogen-bond acceptors (Lipinski definition) is 5. The van der Waals surface area contributed by atoms with Gasteiger partial charge in [-0.25, -0.2) is 0 Å². The van der Waals surface area contributed by atoms with Crippen LogP contribution in [0.15, 0.2) is 24.3 Å². The molecular weight excluding hydrogens is 222 g/mol. The summed E-state index contributed by atoms with van der Waals surface area (Å²) < 4.78 is 15.3. The van der Waals surface area contributed by atoms with Gasteiger partial charge in [-0.1, -0.05) is 0 Å². The molecule has 1 aromatic rings. The van der Waals surface area contributed by atoms with Gasteiger partial charge in [-0.15, -0.1) is 0 Å². The van der Waals surface area contributed by atoms with Crippen molar-refractivity contribution in [2.75, 3.05) is 33.7 Å². The van der Waals surface area contributed by atoms with Crippen molar-refractivity contribution in [1.82, 2.24) is 0 Å². The van der Waals surface area contributed by atoms with E-state index in [1.54, 1.807) is 31.4 Å². The highest BCUT2D eigenvalue weighted by Crippen LogP contribution is 2.12. The minimum atomic E-state index is -0.0899. The highest BCUT2D eigenvalue weighted by molar-refractivity contribution is 5.97. The molecule has 0 aromatic heterocycles. The number of hydrogen-bond donors (Lipinski definition) is 1.